The van der Waals surface area contributed by atoms with Crippen molar-refractivity contribution in [1.82, 2.24) is 5.32 Å². The average molecular weight is 398 g/mol. The maximum absolute atomic E-state index is 12.6. The van der Waals surface area contributed by atoms with E-state index in [1.807, 2.05) is 19.1 Å². The molecule has 148 valence electrons. The van der Waals surface area contributed by atoms with Crippen molar-refractivity contribution >= 4 is 23.2 Å². The monoisotopic (exact) mass is 397 g/mol. The van der Waals surface area contributed by atoms with Crippen LogP contribution in [0.25, 0.3) is 0 Å². The number of hydrogen-bond donors (Lipinski definition) is 2. The molecule has 5 heteroatoms. The lowest BCUT2D eigenvalue weighted by Gasteiger charge is -2.59. The molecule has 1 aromatic rings. The normalized spacial score (nSPS) is 31.9. The van der Waals surface area contributed by atoms with Gasteiger partial charge in [0.25, 0.3) is 5.91 Å². The number of amides is 1. The van der Waals surface area contributed by atoms with Gasteiger partial charge in [0.05, 0.1) is 0 Å². The molecule has 0 aromatic heterocycles. The van der Waals surface area contributed by atoms with Crippen LogP contribution in [0.15, 0.2) is 30.0 Å². The summed E-state index contributed by atoms with van der Waals surface area (Å²) in [5, 5.41) is 16.3. The summed E-state index contributed by atoms with van der Waals surface area (Å²) >= 11 is 6.02. The van der Waals surface area contributed by atoms with Gasteiger partial charge in [0, 0.05) is 23.0 Å². The standard InChI is InChI=1S/C23H28ClN3O/c1-14-3-4-20(24)8-21(14)27-22(28)19(12-25)13-26-15(2)23-9-16-5-17(10-23)7-18(6-16)11-23/h3-4,8,13,15-18,26H,5-7,9-11H2,1-2H3,(H,27,28)/b19-13-. The van der Waals surface area contributed by atoms with E-state index in [1.165, 1.54) is 38.5 Å². The molecule has 0 heterocycles. The van der Waals surface area contributed by atoms with Gasteiger partial charge in [0.1, 0.15) is 11.6 Å². The molecule has 28 heavy (non-hydrogen) atoms. The molecule has 4 aliphatic rings. The van der Waals surface area contributed by atoms with Crippen molar-refractivity contribution in [2.75, 3.05) is 5.32 Å². The fourth-order valence-corrected chi connectivity index (χ4v) is 6.33. The van der Waals surface area contributed by atoms with Crippen LogP contribution in [-0.2, 0) is 4.79 Å². The first-order valence-corrected chi connectivity index (χ1v) is 10.7. The molecule has 0 saturated heterocycles. The smallest absolute Gasteiger partial charge is 0.267 e. The van der Waals surface area contributed by atoms with Crippen LogP contribution in [0.4, 0.5) is 5.69 Å². The lowest BCUT2D eigenvalue weighted by molar-refractivity contribution is -0.112. The van der Waals surface area contributed by atoms with Crippen LogP contribution in [0.1, 0.15) is 51.0 Å². The fourth-order valence-electron chi connectivity index (χ4n) is 6.16. The molecule has 0 aliphatic heterocycles. The maximum Gasteiger partial charge on any atom is 0.267 e. The summed E-state index contributed by atoms with van der Waals surface area (Å²) in [5.41, 5.74) is 1.96. The third-order valence-electron chi connectivity index (χ3n) is 7.29. The Balaban J connectivity index is 1.44. The molecule has 0 spiro atoms. The second-order valence-corrected chi connectivity index (χ2v) is 9.69. The van der Waals surface area contributed by atoms with Crippen molar-refractivity contribution in [3.05, 3.63) is 40.6 Å². The molecule has 1 amide bonds. The van der Waals surface area contributed by atoms with E-state index in [0.717, 1.165) is 23.3 Å². The second kappa shape index (κ2) is 7.44. The number of aryl methyl sites for hydroxylation is 1. The Kier molecular flexibility index (Phi) is 5.14. The molecule has 4 fully saturated rings. The number of rotatable bonds is 5. The Labute approximate surface area is 172 Å². The molecule has 0 radical (unpaired) electrons. The first kappa shape index (κ1) is 19.3. The third kappa shape index (κ3) is 3.65. The van der Waals surface area contributed by atoms with Crippen LogP contribution in [0.3, 0.4) is 0 Å². The minimum Gasteiger partial charge on any atom is -0.387 e. The van der Waals surface area contributed by atoms with E-state index in [-0.39, 0.29) is 11.6 Å². The molecule has 2 N–H and O–H groups in total. The number of halogens is 1. The second-order valence-electron chi connectivity index (χ2n) is 9.25. The number of anilines is 1. The van der Waals surface area contributed by atoms with Crippen LogP contribution in [0, 0.1) is 41.4 Å². The van der Waals surface area contributed by atoms with Gasteiger partial charge in [-0.25, -0.2) is 0 Å². The van der Waals surface area contributed by atoms with E-state index >= 15 is 0 Å². The van der Waals surface area contributed by atoms with Gasteiger partial charge < -0.3 is 10.6 Å². The minimum absolute atomic E-state index is 0.0935. The van der Waals surface area contributed by atoms with E-state index in [4.69, 9.17) is 11.6 Å². The highest BCUT2D eigenvalue weighted by Crippen LogP contribution is 2.61. The van der Waals surface area contributed by atoms with Crippen molar-refractivity contribution in [1.29, 1.82) is 5.26 Å². The predicted molar refractivity (Wildman–Crippen MR) is 112 cm³/mol. The minimum atomic E-state index is -0.405. The molecule has 4 nitrogen and oxygen atoms in total. The Morgan fingerprint density at radius 1 is 1.25 bits per heavy atom. The van der Waals surface area contributed by atoms with Crippen molar-refractivity contribution in [2.24, 2.45) is 23.2 Å². The van der Waals surface area contributed by atoms with E-state index in [2.05, 4.69) is 17.6 Å². The van der Waals surface area contributed by atoms with Crippen molar-refractivity contribution < 1.29 is 4.79 Å². The molecule has 4 saturated carbocycles. The van der Waals surface area contributed by atoms with Crippen LogP contribution < -0.4 is 10.6 Å². The highest BCUT2D eigenvalue weighted by atomic mass is 35.5. The van der Waals surface area contributed by atoms with E-state index in [0.29, 0.717) is 16.1 Å². The lowest BCUT2D eigenvalue weighted by atomic mass is 9.48. The highest BCUT2D eigenvalue weighted by Gasteiger charge is 2.53. The Morgan fingerprint density at radius 2 is 1.86 bits per heavy atom. The van der Waals surface area contributed by atoms with E-state index in [9.17, 15) is 10.1 Å². The van der Waals surface area contributed by atoms with Crippen LogP contribution >= 0.6 is 11.6 Å². The zero-order valence-corrected chi connectivity index (χ0v) is 17.4. The van der Waals surface area contributed by atoms with Crippen LogP contribution in [0.5, 0.6) is 0 Å². The van der Waals surface area contributed by atoms with Gasteiger partial charge in [-0.1, -0.05) is 17.7 Å². The van der Waals surface area contributed by atoms with Crippen molar-refractivity contribution in [3.63, 3.8) is 0 Å². The molecule has 4 bridgehead atoms. The van der Waals surface area contributed by atoms with Gasteiger partial charge in [0.2, 0.25) is 0 Å². The Bertz CT molecular complexity index is 819. The third-order valence-corrected chi connectivity index (χ3v) is 7.53. The van der Waals surface area contributed by atoms with E-state index in [1.54, 1.807) is 18.3 Å². The van der Waals surface area contributed by atoms with E-state index < -0.39 is 5.91 Å². The van der Waals surface area contributed by atoms with Gasteiger partial charge in [0.15, 0.2) is 0 Å². The van der Waals surface area contributed by atoms with Crippen molar-refractivity contribution in [3.8, 4) is 6.07 Å². The van der Waals surface area contributed by atoms with Gasteiger partial charge >= 0.3 is 0 Å². The molecule has 4 aliphatic carbocycles. The SMILES string of the molecule is Cc1ccc(Cl)cc1NC(=O)/C(C#N)=C\NC(C)C12CC3CC(CC(C3)C1)C2. The van der Waals surface area contributed by atoms with Crippen molar-refractivity contribution in [2.45, 2.75) is 58.4 Å². The molecular formula is C23H28ClN3O. The maximum atomic E-state index is 12.6. The largest absolute Gasteiger partial charge is 0.387 e. The molecule has 1 aromatic carbocycles. The zero-order valence-electron chi connectivity index (χ0n) is 16.6. The summed E-state index contributed by atoms with van der Waals surface area (Å²) in [7, 11) is 0. The summed E-state index contributed by atoms with van der Waals surface area (Å²) in [4.78, 5) is 12.6. The fraction of sp³-hybridized carbons (Fsp3) is 0.565. The highest BCUT2D eigenvalue weighted by molar-refractivity contribution is 6.31. The van der Waals surface area contributed by atoms with Crippen LogP contribution in [0.2, 0.25) is 5.02 Å². The summed E-state index contributed by atoms with van der Waals surface area (Å²) in [6.45, 7) is 4.12. The van der Waals surface area contributed by atoms with Crippen LogP contribution in [-0.4, -0.2) is 11.9 Å². The zero-order chi connectivity index (χ0) is 19.9. The van der Waals surface area contributed by atoms with Gasteiger partial charge in [-0.2, -0.15) is 5.26 Å². The predicted octanol–water partition coefficient (Wildman–Crippen LogP) is 5.19. The first-order chi connectivity index (χ1) is 13.4. The summed E-state index contributed by atoms with van der Waals surface area (Å²) in [6, 6.07) is 7.64. The Morgan fingerprint density at radius 3 is 2.43 bits per heavy atom. The summed E-state index contributed by atoms with van der Waals surface area (Å²) in [6.07, 6.45) is 9.70. The lowest BCUT2D eigenvalue weighted by Crippen LogP contribution is -2.54. The molecule has 5 rings (SSSR count). The average Bonchev–Trinajstić information content (AvgIpc) is 2.64. The van der Waals surface area contributed by atoms with Gasteiger partial charge in [-0.05, 0) is 93.2 Å². The number of nitrogens with zero attached hydrogens (tertiary/aromatic N) is 1. The number of nitriles is 1. The first-order valence-electron chi connectivity index (χ1n) is 10.3. The Hall–Kier alpha value is -1.99. The number of nitrogens with one attached hydrogen (secondary N) is 2. The number of carbonyl (C=O) groups is 1. The summed E-state index contributed by atoms with van der Waals surface area (Å²) in [5.74, 6) is 2.23. The van der Waals surface area contributed by atoms with Gasteiger partial charge in [-0.15, -0.1) is 0 Å². The quantitative estimate of drug-likeness (QED) is 0.530. The number of hydrogen-bond acceptors (Lipinski definition) is 3. The topological polar surface area (TPSA) is 64.9 Å². The molecular weight excluding hydrogens is 370 g/mol. The van der Waals surface area contributed by atoms with Gasteiger partial charge in [-0.3, -0.25) is 4.79 Å². The molecule has 1 atom stereocenters. The number of carbonyl (C=O) groups excluding carboxylic acids is 1. The number of benzene rings is 1. The molecule has 1 unspecified atom stereocenters. The summed E-state index contributed by atoms with van der Waals surface area (Å²) < 4.78 is 0.